The van der Waals surface area contributed by atoms with Crippen molar-refractivity contribution in [3.8, 4) is 0 Å². The molecule has 2 fully saturated rings. The highest BCUT2D eigenvalue weighted by atomic mass is 15.3. The molecule has 0 aliphatic carbocycles. The fourth-order valence-corrected chi connectivity index (χ4v) is 3.40. The van der Waals surface area contributed by atoms with Gasteiger partial charge >= 0.3 is 0 Å². The third-order valence-corrected chi connectivity index (χ3v) is 4.76. The van der Waals surface area contributed by atoms with Crippen molar-refractivity contribution in [1.82, 2.24) is 19.9 Å². The Labute approximate surface area is 142 Å². The molecule has 2 aromatic rings. The van der Waals surface area contributed by atoms with Gasteiger partial charge in [-0.25, -0.2) is 19.9 Å². The van der Waals surface area contributed by atoms with Gasteiger partial charge in [0.25, 0.3) is 0 Å². The standard InChI is InChI=1S/C17H23N7/c1-2-7-22(8-3-1)15-13-16(21-14-20-15)23-9-11-24(12-10-23)17-18-5-4-6-19-17/h4-6,13-14H,1-3,7-12H2. The molecule has 4 rings (SSSR count). The number of hydrogen-bond acceptors (Lipinski definition) is 7. The summed E-state index contributed by atoms with van der Waals surface area (Å²) in [6, 6.07) is 3.99. The molecule has 2 aliphatic rings. The molecule has 0 aromatic carbocycles. The average molecular weight is 325 g/mol. The van der Waals surface area contributed by atoms with Crippen molar-refractivity contribution < 1.29 is 0 Å². The maximum absolute atomic E-state index is 4.49. The van der Waals surface area contributed by atoms with Crippen LogP contribution in [0.1, 0.15) is 19.3 Å². The monoisotopic (exact) mass is 325 g/mol. The molecule has 0 radical (unpaired) electrons. The molecule has 0 atom stereocenters. The number of piperazine rings is 1. The summed E-state index contributed by atoms with van der Waals surface area (Å²) in [5.41, 5.74) is 0. The Morgan fingerprint density at radius 2 is 1.21 bits per heavy atom. The highest BCUT2D eigenvalue weighted by molar-refractivity contribution is 5.51. The molecular formula is C17H23N7. The second-order valence-electron chi connectivity index (χ2n) is 6.31. The maximum atomic E-state index is 4.49. The summed E-state index contributed by atoms with van der Waals surface area (Å²) in [5, 5.41) is 0. The lowest BCUT2D eigenvalue weighted by Gasteiger charge is -2.35. The van der Waals surface area contributed by atoms with Gasteiger partial charge in [0.15, 0.2) is 0 Å². The molecule has 0 spiro atoms. The Hall–Kier alpha value is -2.44. The second-order valence-corrected chi connectivity index (χ2v) is 6.31. The Kier molecular flexibility index (Phi) is 4.40. The number of aromatic nitrogens is 4. The second kappa shape index (κ2) is 6.98. The van der Waals surface area contributed by atoms with Gasteiger partial charge in [0, 0.05) is 57.7 Å². The number of piperidine rings is 1. The number of rotatable bonds is 3. The van der Waals surface area contributed by atoms with Crippen LogP contribution < -0.4 is 14.7 Å². The molecule has 2 saturated heterocycles. The first-order valence-corrected chi connectivity index (χ1v) is 8.74. The first kappa shape index (κ1) is 15.1. The normalized spacial score (nSPS) is 18.8. The zero-order valence-electron chi connectivity index (χ0n) is 13.9. The third kappa shape index (κ3) is 3.25. The van der Waals surface area contributed by atoms with Crippen molar-refractivity contribution in [2.45, 2.75) is 19.3 Å². The quantitative estimate of drug-likeness (QED) is 0.849. The summed E-state index contributed by atoms with van der Waals surface area (Å²) in [5.74, 6) is 2.90. The molecule has 0 bridgehead atoms. The van der Waals surface area contributed by atoms with Crippen LogP contribution in [0.2, 0.25) is 0 Å². The fraction of sp³-hybridized carbons (Fsp3) is 0.529. The molecule has 7 nitrogen and oxygen atoms in total. The van der Waals surface area contributed by atoms with Crippen molar-refractivity contribution in [3.05, 3.63) is 30.9 Å². The summed E-state index contributed by atoms with van der Waals surface area (Å²) in [4.78, 5) is 24.6. The number of nitrogens with zero attached hydrogens (tertiary/aromatic N) is 7. The summed E-state index contributed by atoms with van der Waals surface area (Å²) < 4.78 is 0. The first-order valence-electron chi connectivity index (χ1n) is 8.74. The summed E-state index contributed by atoms with van der Waals surface area (Å²) in [6.45, 7) is 5.88. The van der Waals surface area contributed by atoms with Gasteiger partial charge in [-0.3, -0.25) is 0 Å². The van der Waals surface area contributed by atoms with Crippen molar-refractivity contribution in [2.24, 2.45) is 0 Å². The SMILES string of the molecule is c1cnc(N2CCN(c3cc(N4CCCCC4)ncn3)CC2)nc1. The van der Waals surface area contributed by atoms with Gasteiger partial charge in [-0.05, 0) is 25.3 Å². The highest BCUT2D eigenvalue weighted by Gasteiger charge is 2.21. The largest absolute Gasteiger partial charge is 0.356 e. The van der Waals surface area contributed by atoms with Gasteiger partial charge in [0.1, 0.15) is 18.0 Å². The minimum Gasteiger partial charge on any atom is -0.356 e. The van der Waals surface area contributed by atoms with Crippen LogP contribution in [-0.4, -0.2) is 59.2 Å². The molecule has 4 heterocycles. The van der Waals surface area contributed by atoms with Gasteiger partial charge in [-0.15, -0.1) is 0 Å². The third-order valence-electron chi connectivity index (χ3n) is 4.76. The molecule has 0 saturated carbocycles. The molecule has 24 heavy (non-hydrogen) atoms. The average Bonchev–Trinajstić information content (AvgIpc) is 2.70. The molecule has 0 N–H and O–H groups in total. The van der Waals surface area contributed by atoms with E-state index in [1.165, 1.54) is 19.3 Å². The van der Waals surface area contributed by atoms with E-state index in [4.69, 9.17) is 0 Å². The van der Waals surface area contributed by atoms with Gasteiger partial charge < -0.3 is 14.7 Å². The van der Waals surface area contributed by atoms with Crippen LogP contribution in [-0.2, 0) is 0 Å². The minimum absolute atomic E-state index is 0.814. The molecule has 0 unspecified atom stereocenters. The lowest BCUT2D eigenvalue weighted by atomic mass is 10.1. The van der Waals surface area contributed by atoms with E-state index in [0.717, 1.165) is 56.9 Å². The molecule has 2 aromatic heterocycles. The summed E-state index contributed by atoms with van der Waals surface area (Å²) in [7, 11) is 0. The topological polar surface area (TPSA) is 61.3 Å². The van der Waals surface area contributed by atoms with Gasteiger partial charge in [0.2, 0.25) is 5.95 Å². The molecule has 2 aliphatic heterocycles. The van der Waals surface area contributed by atoms with Crippen molar-refractivity contribution in [3.63, 3.8) is 0 Å². The Morgan fingerprint density at radius 3 is 1.88 bits per heavy atom. The Balaban J connectivity index is 1.42. The zero-order chi connectivity index (χ0) is 16.2. The lowest BCUT2D eigenvalue weighted by molar-refractivity contribution is 0.572. The van der Waals surface area contributed by atoms with Crippen molar-refractivity contribution in [2.75, 3.05) is 54.0 Å². The molecule has 7 heteroatoms. The van der Waals surface area contributed by atoms with Gasteiger partial charge in [-0.1, -0.05) is 0 Å². The minimum atomic E-state index is 0.814. The predicted octanol–water partition coefficient (Wildman–Crippen LogP) is 1.58. The highest BCUT2D eigenvalue weighted by Crippen LogP contribution is 2.22. The van der Waals surface area contributed by atoms with E-state index in [1.54, 1.807) is 18.7 Å². The van der Waals surface area contributed by atoms with Crippen LogP contribution in [0.15, 0.2) is 30.9 Å². The van der Waals surface area contributed by atoms with E-state index in [0.29, 0.717) is 0 Å². The van der Waals surface area contributed by atoms with Crippen LogP contribution in [0.5, 0.6) is 0 Å². The van der Waals surface area contributed by atoms with Crippen molar-refractivity contribution >= 4 is 17.6 Å². The van der Waals surface area contributed by atoms with Crippen LogP contribution in [0, 0.1) is 0 Å². The lowest BCUT2D eigenvalue weighted by Crippen LogP contribution is -2.47. The molecule has 0 amide bonds. The smallest absolute Gasteiger partial charge is 0.225 e. The van der Waals surface area contributed by atoms with E-state index < -0.39 is 0 Å². The Bertz CT molecular complexity index is 649. The van der Waals surface area contributed by atoms with Crippen LogP contribution in [0.25, 0.3) is 0 Å². The predicted molar refractivity (Wildman–Crippen MR) is 94.6 cm³/mol. The van der Waals surface area contributed by atoms with Gasteiger partial charge in [0.05, 0.1) is 0 Å². The number of hydrogen-bond donors (Lipinski definition) is 0. The zero-order valence-corrected chi connectivity index (χ0v) is 13.9. The van der Waals surface area contributed by atoms with Crippen LogP contribution >= 0.6 is 0 Å². The van der Waals surface area contributed by atoms with E-state index >= 15 is 0 Å². The van der Waals surface area contributed by atoms with E-state index in [2.05, 4.69) is 40.7 Å². The van der Waals surface area contributed by atoms with Crippen LogP contribution in [0.3, 0.4) is 0 Å². The van der Waals surface area contributed by atoms with Crippen LogP contribution in [0.4, 0.5) is 17.6 Å². The van der Waals surface area contributed by atoms with E-state index in [-0.39, 0.29) is 0 Å². The van der Waals surface area contributed by atoms with Gasteiger partial charge in [-0.2, -0.15) is 0 Å². The maximum Gasteiger partial charge on any atom is 0.225 e. The van der Waals surface area contributed by atoms with Crippen molar-refractivity contribution in [1.29, 1.82) is 0 Å². The first-order chi connectivity index (χ1) is 11.9. The number of anilines is 3. The summed E-state index contributed by atoms with van der Waals surface area (Å²) >= 11 is 0. The Morgan fingerprint density at radius 1 is 0.625 bits per heavy atom. The van der Waals surface area contributed by atoms with E-state index in [9.17, 15) is 0 Å². The summed E-state index contributed by atoms with van der Waals surface area (Å²) in [6.07, 6.45) is 9.14. The fourth-order valence-electron chi connectivity index (χ4n) is 3.40. The molecular weight excluding hydrogens is 302 g/mol. The molecule has 126 valence electrons. The van der Waals surface area contributed by atoms with E-state index in [1.807, 2.05) is 6.07 Å².